The molecule has 0 bridgehead atoms. The van der Waals surface area contributed by atoms with E-state index in [9.17, 15) is 0 Å². The summed E-state index contributed by atoms with van der Waals surface area (Å²) < 4.78 is 0.704. The first-order valence-corrected chi connectivity index (χ1v) is 11.8. The van der Waals surface area contributed by atoms with Gasteiger partial charge in [0, 0.05) is 0 Å². The molecule has 0 atom stereocenters. The SMILES string of the molecule is C[As](Cl)(Cl)C1CCCCC1. The van der Waals surface area contributed by atoms with Gasteiger partial charge in [-0.05, 0) is 0 Å². The molecule has 1 aliphatic rings. The van der Waals surface area contributed by atoms with Crippen LogP contribution in [0.4, 0.5) is 0 Å². The Bertz CT molecular complexity index is 103. The van der Waals surface area contributed by atoms with Crippen LogP contribution in [0.1, 0.15) is 32.1 Å². The van der Waals surface area contributed by atoms with Crippen molar-refractivity contribution < 1.29 is 0 Å². The maximum absolute atomic E-state index is 6.15. The minimum atomic E-state index is -2.13. The van der Waals surface area contributed by atoms with Gasteiger partial charge in [0.25, 0.3) is 0 Å². The predicted molar refractivity (Wildman–Crippen MR) is 50.2 cm³/mol. The molecular formula is C7H14AsCl2. The summed E-state index contributed by atoms with van der Waals surface area (Å²) in [5.41, 5.74) is 2.08. The molecule has 0 aliphatic heterocycles. The van der Waals surface area contributed by atoms with E-state index in [1.165, 1.54) is 32.1 Å². The van der Waals surface area contributed by atoms with E-state index in [4.69, 9.17) is 19.9 Å². The molecule has 0 heterocycles. The zero-order valence-corrected chi connectivity index (χ0v) is 9.70. The molecule has 0 amide bonds. The van der Waals surface area contributed by atoms with E-state index in [1.807, 2.05) is 0 Å². The topological polar surface area (TPSA) is 0 Å². The standard InChI is InChI=1S/C7H14AsCl2/c1-8(9,10)7-5-3-2-4-6-7/h7H,2-6H2,1H3. The maximum atomic E-state index is 6.15. The van der Waals surface area contributed by atoms with Crippen LogP contribution in [0, 0.1) is 0 Å². The van der Waals surface area contributed by atoms with Crippen LogP contribution >= 0.6 is 19.9 Å². The van der Waals surface area contributed by atoms with Crippen molar-refractivity contribution in [3.8, 4) is 0 Å². The summed E-state index contributed by atoms with van der Waals surface area (Å²) in [4.78, 5) is 0. The van der Waals surface area contributed by atoms with E-state index in [1.54, 1.807) is 0 Å². The molecular weight excluding hydrogens is 230 g/mol. The summed E-state index contributed by atoms with van der Waals surface area (Å²) in [7, 11) is 12.3. The molecule has 1 saturated carbocycles. The van der Waals surface area contributed by atoms with Crippen LogP contribution in [0.3, 0.4) is 0 Å². The van der Waals surface area contributed by atoms with Crippen molar-refractivity contribution in [3.05, 3.63) is 0 Å². The summed E-state index contributed by atoms with van der Waals surface area (Å²) >= 11 is -2.13. The van der Waals surface area contributed by atoms with Crippen molar-refractivity contribution in [2.75, 3.05) is 0 Å². The Morgan fingerprint density at radius 1 is 1.10 bits per heavy atom. The Hall–Kier alpha value is 1.14. The van der Waals surface area contributed by atoms with E-state index in [-0.39, 0.29) is 0 Å². The molecule has 61 valence electrons. The molecule has 1 fully saturated rings. The van der Waals surface area contributed by atoms with Gasteiger partial charge in [-0.1, -0.05) is 0 Å². The van der Waals surface area contributed by atoms with Crippen LogP contribution in [-0.4, -0.2) is 11.7 Å². The number of halogens is 2. The van der Waals surface area contributed by atoms with Gasteiger partial charge in [0.15, 0.2) is 0 Å². The molecule has 3 heteroatoms. The zero-order valence-electron chi connectivity index (χ0n) is 6.32. The number of hydrogen-bond donors (Lipinski definition) is 0. The van der Waals surface area contributed by atoms with E-state index >= 15 is 0 Å². The Morgan fingerprint density at radius 2 is 1.60 bits per heavy atom. The second kappa shape index (κ2) is 3.69. The first-order valence-electron chi connectivity index (χ1n) is 3.86. The van der Waals surface area contributed by atoms with Crippen LogP contribution in [0.15, 0.2) is 0 Å². The fraction of sp³-hybridized carbons (Fsp3) is 1.00. The first-order chi connectivity index (χ1) is 4.61. The van der Waals surface area contributed by atoms with Gasteiger partial charge in [0.1, 0.15) is 0 Å². The molecule has 0 spiro atoms. The Balaban J connectivity index is 2.39. The third kappa shape index (κ3) is 2.64. The van der Waals surface area contributed by atoms with Crippen molar-refractivity contribution in [3.63, 3.8) is 0 Å². The molecule has 0 unspecified atom stereocenters. The van der Waals surface area contributed by atoms with Gasteiger partial charge in [0.2, 0.25) is 0 Å². The zero-order chi connectivity index (χ0) is 7.61. The van der Waals surface area contributed by atoms with Gasteiger partial charge in [-0.2, -0.15) is 0 Å². The van der Waals surface area contributed by atoms with Crippen LogP contribution in [0.2, 0.25) is 10.4 Å². The van der Waals surface area contributed by atoms with Crippen molar-refractivity contribution >= 4 is 31.6 Å². The van der Waals surface area contributed by atoms with Crippen molar-refractivity contribution in [2.24, 2.45) is 0 Å². The van der Waals surface area contributed by atoms with Crippen molar-refractivity contribution in [1.29, 1.82) is 0 Å². The van der Waals surface area contributed by atoms with Crippen LogP contribution < -0.4 is 0 Å². The van der Waals surface area contributed by atoms with Gasteiger partial charge in [-0.15, -0.1) is 0 Å². The Kier molecular flexibility index (Phi) is 3.41. The first kappa shape index (κ1) is 9.23. The number of rotatable bonds is 1. The van der Waals surface area contributed by atoms with Gasteiger partial charge < -0.3 is 0 Å². The average Bonchev–Trinajstić information content (AvgIpc) is 1.88. The van der Waals surface area contributed by atoms with Crippen molar-refractivity contribution in [1.82, 2.24) is 0 Å². The molecule has 0 aromatic heterocycles. The number of hydrogen-bond acceptors (Lipinski definition) is 0. The monoisotopic (exact) mass is 243 g/mol. The molecule has 0 aromatic rings. The van der Waals surface area contributed by atoms with E-state index in [0.29, 0.717) is 4.71 Å². The molecule has 0 nitrogen and oxygen atoms in total. The molecule has 0 N–H and O–H groups in total. The third-order valence-electron chi connectivity index (χ3n) is 2.22. The fourth-order valence-corrected chi connectivity index (χ4v) is 6.23. The van der Waals surface area contributed by atoms with E-state index < -0.39 is 11.7 Å². The Morgan fingerprint density at radius 3 is 1.90 bits per heavy atom. The van der Waals surface area contributed by atoms with Gasteiger partial charge in [-0.25, -0.2) is 0 Å². The van der Waals surface area contributed by atoms with Gasteiger partial charge >= 0.3 is 74.1 Å². The summed E-state index contributed by atoms with van der Waals surface area (Å²) in [5.74, 6) is 0. The van der Waals surface area contributed by atoms with Crippen LogP contribution in [-0.2, 0) is 0 Å². The molecule has 1 radical (unpaired) electrons. The summed E-state index contributed by atoms with van der Waals surface area (Å²) in [6.45, 7) is 0. The van der Waals surface area contributed by atoms with E-state index in [0.717, 1.165) is 0 Å². The fourth-order valence-electron chi connectivity index (χ4n) is 1.53. The molecule has 10 heavy (non-hydrogen) atoms. The summed E-state index contributed by atoms with van der Waals surface area (Å²) in [6, 6.07) is 0. The second-order valence-corrected chi connectivity index (χ2v) is 16.5. The molecule has 0 saturated heterocycles. The molecule has 1 rings (SSSR count). The van der Waals surface area contributed by atoms with Crippen molar-refractivity contribution in [2.45, 2.75) is 42.5 Å². The average molecular weight is 244 g/mol. The Labute approximate surface area is 74.0 Å². The quantitative estimate of drug-likeness (QED) is 0.614. The van der Waals surface area contributed by atoms with Gasteiger partial charge in [0.05, 0.1) is 0 Å². The second-order valence-electron chi connectivity index (χ2n) is 3.15. The van der Waals surface area contributed by atoms with E-state index in [2.05, 4.69) is 5.71 Å². The third-order valence-corrected chi connectivity index (χ3v) is 8.86. The molecule has 1 aliphatic carbocycles. The predicted octanol–water partition coefficient (Wildman–Crippen LogP) is 3.87. The normalized spacial score (nSPS) is 23.1. The van der Waals surface area contributed by atoms with Gasteiger partial charge in [-0.3, -0.25) is 0 Å². The van der Waals surface area contributed by atoms with Crippen LogP contribution in [0.5, 0.6) is 0 Å². The molecule has 0 aromatic carbocycles. The minimum absolute atomic E-state index is 0.704. The van der Waals surface area contributed by atoms with Crippen LogP contribution in [0.25, 0.3) is 0 Å². The summed E-state index contributed by atoms with van der Waals surface area (Å²) in [6.07, 6.45) is 6.66. The summed E-state index contributed by atoms with van der Waals surface area (Å²) in [5, 5.41) is 0.